The molecular weight excluding hydrogens is 254 g/mol. The maximum Gasteiger partial charge on any atom is 0.293 e. The van der Waals surface area contributed by atoms with Gasteiger partial charge < -0.3 is 14.8 Å². The summed E-state index contributed by atoms with van der Waals surface area (Å²) in [5.74, 6) is 0.447. The van der Waals surface area contributed by atoms with Crippen molar-refractivity contribution < 1.29 is 0 Å². The molecule has 6 nitrogen and oxygen atoms in total. The summed E-state index contributed by atoms with van der Waals surface area (Å²) < 4.78 is 1.70. The van der Waals surface area contributed by atoms with Gasteiger partial charge >= 0.3 is 0 Å². The second kappa shape index (κ2) is 6.37. The summed E-state index contributed by atoms with van der Waals surface area (Å²) >= 11 is 0. The van der Waals surface area contributed by atoms with Gasteiger partial charge in [0.05, 0.1) is 0 Å². The van der Waals surface area contributed by atoms with Crippen LogP contribution in [0.2, 0.25) is 0 Å². The predicted molar refractivity (Wildman–Crippen MR) is 81.3 cm³/mol. The van der Waals surface area contributed by atoms with Gasteiger partial charge in [-0.3, -0.25) is 9.69 Å². The molecule has 1 aromatic heterocycles. The van der Waals surface area contributed by atoms with Crippen LogP contribution in [0.1, 0.15) is 19.9 Å². The van der Waals surface area contributed by atoms with Crippen LogP contribution >= 0.6 is 0 Å². The number of nitrogens with one attached hydrogen (secondary N) is 1. The van der Waals surface area contributed by atoms with Crippen LogP contribution < -0.4 is 10.9 Å². The molecule has 20 heavy (non-hydrogen) atoms. The van der Waals surface area contributed by atoms with Crippen LogP contribution in [-0.4, -0.2) is 65.7 Å². The summed E-state index contributed by atoms with van der Waals surface area (Å²) in [4.78, 5) is 21.1. The Morgan fingerprint density at radius 1 is 1.40 bits per heavy atom. The van der Waals surface area contributed by atoms with E-state index in [-0.39, 0.29) is 11.6 Å². The molecule has 6 heteroatoms. The first-order chi connectivity index (χ1) is 9.49. The Bertz CT molecular complexity index is 499. The highest BCUT2D eigenvalue weighted by Crippen LogP contribution is 2.07. The Kier molecular flexibility index (Phi) is 4.77. The Balaban J connectivity index is 2.04. The quantitative estimate of drug-likeness (QED) is 0.869. The molecule has 0 aromatic carbocycles. The van der Waals surface area contributed by atoms with Gasteiger partial charge in [0.25, 0.3) is 5.56 Å². The van der Waals surface area contributed by atoms with Gasteiger partial charge in [0.15, 0.2) is 5.82 Å². The van der Waals surface area contributed by atoms with E-state index in [2.05, 4.69) is 34.2 Å². The van der Waals surface area contributed by atoms with Gasteiger partial charge in [-0.25, -0.2) is 4.98 Å². The lowest BCUT2D eigenvalue weighted by molar-refractivity contribution is 0.122. The molecule has 0 saturated carbocycles. The first kappa shape index (κ1) is 15.0. The van der Waals surface area contributed by atoms with E-state index in [0.717, 1.165) is 26.2 Å². The Hall–Kier alpha value is -1.40. The van der Waals surface area contributed by atoms with Gasteiger partial charge in [-0.15, -0.1) is 0 Å². The van der Waals surface area contributed by atoms with Gasteiger partial charge in [0, 0.05) is 50.7 Å². The van der Waals surface area contributed by atoms with Crippen LogP contribution in [0, 0.1) is 0 Å². The SMILES string of the molecule is CC(C)n1ccnc(NCC2CN(C)CCN2C)c1=O. The third-order valence-electron chi connectivity index (χ3n) is 3.91. The molecule has 0 radical (unpaired) electrons. The van der Waals surface area contributed by atoms with E-state index < -0.39 is 0 Å². The van der Waals surface area contributed by atoms with E-state index in [1.54, 1.807) is 17.0 Å². The average molecular weight is 279 g/mol. The highest BCUT2D eigenvalue weighted by molar-refractivity contribution is 5.31. The number of nitrogens with zero attached hydrogens (tertiary/aromatic N) is 4. The standard InChI is InChI=1S/C14H25N5O/c1-11(2)19-6-5-15-13(14(19)20)16-9-12-10-17(3)7-8-18(12)4/h5-6,11-12H,7-10H2,1-4H3,(H,15,16). The second-order valence-corrected chi connectivity index (χ2v) is 5.86. The summed E-state index contributed by atoms with van der Waals surface area (Å²) in [5.41, 5.74) is -0.0469. The third kappa shape index (κ3) is 3.37. The lowest BCUT2D eigenvalue weighted by Crippen LogP contribution is -2.52. The average Bonchev–Trinajstić information content (AvgIpc) is 2.41. The van der Waals surface area contributed by atoms with Gasteiger partial charge in [-0.1, -0.05) is 0 Å². The van der Waals surface area contributed by atoms with Gasteiger partial charge in [0.1, 0.15) is 0 Å². The van der Waals surface area contributed by atoms with Crippen LogP contribution in [0.25, 0.3) is 0 Å². The molecule has 1 saturated heterocycles. The highest BCUT2D eigenvalue weighted by Gasteiger charge is 2.22. The minimum Gasteiger partial charge on any atom is -0.364 e. The Morgan fingerprint density at radius 3 is 2.85 bits per heavy atom. The maximum absolute atomic E-state index is 12.2. The van der Waals surface area contributed by atoms with E-state index in [4.69, 9.17) is 0 Å². The smallest absolute Gasteiger partial charge is 0.293 e. The lowest BCUT2D eigenvalue weighted by atomic mass is 10.2. The van der Waals surface area contributed by atoms with Crippen molar-refractivity contribution in [2.24, 2.45) is 0 Å². The van der Waals surface area contributed by atoms with Crippen molar-refractivity contribution in [1.29, 1.82) is 0 Å². The van der Waals surface area contributed by atoms with Crippen LogP contribution in [-0.2, 0) is 0 Å². The van der Waals surface area contributed by atoms with Crippen LogP contribution in [0.5, 0.6) is 0 Å². The number of anilines is 1. The first-order valence-electron chi connectivity index (χ1n) is 7.19. The molecule has 0 amide bonds. The lowest BCUT2D eigenvalue weighted by Gasteiger charge is -2.37. The zero-order valence-electron chi connectivity index (χ0n) is 12.8. The maximum atomic E-state index is 12.2. The number of aromatic nitrogens is 2. The van der Waals surface area contributed by atoms with E-state index >= 15 is 0 Å². The third-order valence-corrected chi connectivity index (χ3v) is 3.91. The fourth-order valence-electron chi connectivity index (χ4n) is 2.49. The fourth-order valence-corrected chi connectivity index (χ4v) is 2.49. The van der Waals surface area contributed by atoms with E-state index in [0.29, 0.717) is 11.9 Å². The van der Waals surface area contributed by atoms with Gasteiger partial charge in [-0.2, -0.15) is 0 Å². The molecule has 0 bridgehead atoms. The molecule has 112 valence electrons. The molecule has 1 aliphatic heterocycles. The van der Waals surface area contributed by atoms with Crippen LogP contribution in [0.15, 0.2) is 17.2 Å². The molecule has 1 atom stereocenters. The number of likely N-dealkylation sites (N-methyl/N-ethyl adjacent to an activating group) is 2. The summed E-state index contributed by atoms with van der Waals surface area (Å²) in [5, 5.41) is 3.22. The molecule has 1 aromatic rings. The summed E-state index contributed by atoms with van der Waals surface area (Å²) in [6, 6.07) is 0.553. The molecule has 2 rings (SSSR count). The highest BCUT2D eigenvalue weighted by atomic mass is 16.1. The van der Waals surface area contributed by atoms with Crippen LogP contribution in [0.3, 0.4) is 0 Å². The summed E-state index contributed by atoms with van der Waals surface area (Å²) in [6.07, 6.45) is 3.42. The van der Waals surface area contributed by atoms with Crippen molar-refractivity contribution >= 4 is 5.82 Å². The van der Waals surface area contributed by atoms with Crippen molar-refractivity contribution in [2.45, 2.75) is 25.9 Å². The molecule has 0 aliphatic carbocycles. The number of hydrogen-bond donors (Lipinski definition) is 1. The van der Waals surface area contributed by atoms with Crippen molar-refractivity contribution in [1.82, 2.24) is 19.4 Å². The van der Waals surface area contributed by atoms with Crippen molar-refractivity contribution in [2.75, 3.05) is 45.6 Å². The van der Waals surface area contributed by atoms with Crippen molar-refractivity contribution in [3.8, 4) is 0 Å². The van der Waals surface area contributed by atoms with Crippen LogP contribution in [0.4, 0.5) is 5.82 Å². The molecule has 1 aliphatic rings. The topological polar surface area (TPSA) is 53.4 Å². The normalized spacial score (nSPS) is 21.4. The largest absolute Gasteiger partial charge is 0.364 e. The molecule has 1 fully saturated rings. The number of hydrogen-bond acceptors (Lipinski definition) is 5. The molecule has 1 unspecified atom stereocenters. The first-order valence-corrected chi connectivity index (χ1v) is 7.19. The van der Waals surface area contributed by atoms with E-state index in [1.807, 2.05) is 13.8 Å². The van der Waals surface area contributed by atoms with Crippen molar-refractivity contribution in [3.05, 3.63) is 22.7 Å². The molecule has 1 N–H and O–H groups in total. The molecule has 0 spiro atoms. The minimum absolute atomic E-state index is 0.0469. The number of piperazine rings is 1. The van der Waals surface area contributed by atoms with Crippen molar-refractivity contribution in [3.63, 3.8) is 0 Å². The van der Waals surface area contributed by atoms with E-state index in [1.165, 1.54) is 0 Å². The second-order valence-electron chi connectivity index (χ2n) is 5.86. The zero-order chi connectivity index (χ0) is 14.7. The predicted octanol–water partition coefficient (Wildman–Crippen LogP) is 0.482. The minimum atomic E-state index is -0.0469. The van der Waals surface area contributed by atoms with E-state index in [9.17, 15) is 4.79 Å². The van der Waals surface area contributed by atoms with Gasteiger partial charge in [-0.05, 0) is 27.9 Å². The zero-order valence-corrected chi connectivity index (χ0v) is 12.8. The summed E-state index contributed by atoms with van der Waals surface area (Å²) in [7, 11) is 4.26. The molecule has 2 heterocycles. The molecular formula is C14H25N5O. The van der Waals surface area contributed by atoms with Gasteiger partial charge in [0.2, 0.25) is 0 Å². The number of rotatable bonds is 4. The monoisotopic (exact) mass is 279 g/mol. The Labute approximate surface area is 120 Å². The summed E-state index contributed by atoms with van der Waals surface area (Å²) in [6.45, 7) is 7.89. The fraction of sp³-hybridized carbons (Fsp3) is 0.714. The Morgan fingerprint density at radius 2 is 2.15 bits per heavy atom.